The molecule has 0 aliphatic heterocycles. The SMILES string of the molecule is O=S(=O)(Cl)c1ccccc1OCc1ccc(F)cc1. The minimum absolute atomic E-state index is 0.0845. The normalized spacial score (nSPS) is 11.3. The van der Waals surface area contributed by atoms with Crippen LogP contribution in [-0.4, -0.2) is 8.42 Å². The van der Waals surface area contributed by atoms with Crippen LogP contribution in [0.15, 0.2) is 53.4 Å². The quantitative estimate of drug-likeness (QED) is 0.814. The van der Waals surface area contributed by atoms with Gasteiger partial charge >= 0.3 is 0 Å². The van der Waals surface area contributed by atoms with Crippen molar-refractivity contribution in [2.45, 2.75) is 11.5 Å². The molecule has 100 valence electrons. The summed E-state index contributed by atoms with van der Waals surface area (Å²) < 4.78 is 40.8. The van der Waals surface area contributed by atoms with Crippen molar-refractivity contribution in [3.05, 3.63) is 59.9 Å². The van der Waals surface area contributed by atoms with E-state index in [1.54, 1.807) is 24.3 Å². The zero-order chi connectivity index (χ0) is 13.9. The van der Waals surface area contributed by atoms with E-state index in [2.05, 4.69) is 0 Å². The smallest absolute Gasteiger partial charge is 0.264 e. The van der Waals surface area contributed by atoms with Crippen LogP contribution in [-0.2, 0) is 15.7 Å². The van der Waals surface area contributed by atoms with Gasteiger partial charge in [0.15, 0.2) is 0 Å². The zero-order valence-electron chi connectivity index (χ0n) is 9.71. The summed E-state index contributed by atoms with van der Waals surface area (Å²) in [6, 6.07) is 11.8. The zero-order valence-corrected chi connectivity index (χ0v) is 11.3. The van der Waals surface area contributed by atoms with E-state index in [9.17, 15) is 12.8 Å². The molecule has 0 amide bonds. The van der Waals surface area contributed by atoms with Crippen molar-refractivity contribution in [3.63, 3.8) is 0 Å². The van der Waals surface area contributed by atoms with E-state index in [-0.39, 0.29) is 23.1 Å². The lowest BCUT2D eigenvalue weighted by atomic mass is 10.2. The fraction of sp³-hybridized carbons (Fsp3) is 0.0769. The van der Waals surface area contributed by atoms with E-state index in [0.717, 1.165) is 5.56 Å². The van der Waals surface area contributed by atoms with Crippen molar-refractivity contribution < 1.29 is 17.5 Å². The van der Waals surface area contributed by atoms with Crippen LogP contribution in [0.4, 0.5) is 4.39 Å². The lowest BCUT2D eigenvalue weighted by molar-refractivity contribution is 0.298. The number of benzene rings is 2. The molecule has 0 saturated heterocycles. The van der Waals surface area contributed by atoms with Gasteiger partial charge in [-0.15, -0.1) is 0 Å². The summed E-state index contributed by atoms with van der Waals surface area (Å²) in [5, 5.41) is 0. The molecule has 0 unspecified atom stereocenters. The minimum Gasteiger partial charge on any atom is -0.487 e. The number of hydrogen-bond acceptors (Lipinski definition) is 3. The first-order valence-corrected chi connectivity index (χ1v) is 7.69. The summed E-state index contributed by atoms with van der Waals surface area (Å²) in [5.74, 6) is -0.172. The Morgan fingerprint density at radius 1 is 1.05 bits per heavy atom. The molecule has 0 aliphatic rings. The summed E-state index contributed by atoms with van der Waals surface area (Å²) in [6.07, 6.45) is 0. The average Bonchev–Trinajstić information content (AvgIpc) is 2.37. The number of rotatable bonds is 4. The van der Waals surface area contributed by atoms with Crippen molar-refractivity contribution in [1.29, 1.82) is 0 Å². The second kappa shape index (κ2) is 5.59. The molecule has 2 aromatic carbocycles. The van der Waals surface area contributed by atoms with E-state index >= 15 is 0 Å². The largest absolute Gasteiger partial charge is 0.487 e. The molecule has 0 spiro atoms. The van der Waals surface area contributed by atoms with Gasteiger partial charge in [-0.3, -0.25) is 0 Å². The van der Waals surface area contributed by atoms with E-state index < -0.39 is 9.05 Å². The van der Waals surface area contributed by atoms with Crippen molar-refractivity contribution in [1.82, 2.24) is 0 Å². The Morgan fingerprint density at radius 3 is 2.32 bits per heavy atom. The predicted octanol–water partition coefficient (Wildman–Crippen LogP) is 3.33. The van der Waals surface area contributed by atoms with Gasteiger partial charge in [-0.1, -0.05) is 24.3 Å². The Bertz CT molecular complexity index is 669. The lowest BCUT2D eigenvalue weighted by Crippen LogP contribution is -2.00. The average molecular weight is 301 g/mol. The Hall–Kier alpha value is -1.59. The van der Waals surface area contributed by atoms with Gasteiger partial charge in [-0.25, -0.2) is 12.8 Å². The standard InChI is InChI=1S/C13H10ClFO3S/c14-19(16,17)13-4-2-1-3-12(13)18-9-10-5-7-11(15)8-6-10/h1-8H,9H2. The highest BCUT2D eigenvalue weighted by Gasteiger charge is 2.16. The van der Waals surface area contributed by atoms with Crippen molar-refractivity contribution >= 4 is 19.7 Å². The fourth-order valence-electron chi connectivity index (χ4n) is 1.51. The number of para-hydroxylation sites is 1. The molecule has 6 heteroatoms. The van der Waals surface area contributed by atoms with Gasteiger partial charge in [0.05, 0.1) is 0 Å². The summed E-state index contributed by atoms with van der Waals surface area (Å²) in [5.41, 5.74) is 0.725. The Balaban J connectivity index is 2.18. The predicted molar refractivity (Wildman–Crippen MR) is 70.2 cm³/mol. The molecule has 3 nitrogen and oxygen atoms in total. The topological polar surface area (TPSA) is 43.4 Å². The molecule has 0 atom stereocenters. The van der Waals surface area contributed by atoms with Crippen LogP contribution in [0.3, 0.4) is 0 Å². The molecule has 2 rings (SSSR count). The lowest BCUT2D eigenvalue weighted by Gasteiger charge is -2.09. The monoisotopic (exact) mass is 300 g/mol. The summed E-state index contributed by atoms with van der Waals surface area (Å²) in [4.78, 5) is -0.0845. The van der Waals surface area contributed by atoms with Gasteiger partial charge in [0.2, 0.25) is 0 Å². The first-order valence-electron chi connectivity index (χ1n) is 5.38. The first-order chi connectivity index (χ1) is 8.97. The Labute approximate surface area is 115 Å². The molecule has 19 heavy (non-hydrogen) atoms. The molecular weight excluding hydrogens is 291 g/mol. The van der Waals surface area contributed by atoms with E-state index in [4.69, 9.17) is 15.4 Å². The number of halogens is 2. The Morgan fingerprint density at radius 2 is 1.68 bits per heavy atom. The maximum absolute atomic E-state index is 12.7. The summed E-state index contributed by atoms with van der Waals surface area (Å²) in [7, 11) is 1.45. The molecule has 0 bridgehead atoms. The van der Waals surface area contributed by atoms with Gasteiger partial charge in [-0.2, -0.15) is 0 Å². The highest BCUT2D eigenvalue weighted by molar-refractivity contribution is 8.13. The molecule has 0 saturated carbocycles. The van der Waals surface area contributed by atoms with E-state index in [1.165, 1.54) is 24.3 Å². The third kappa shape index (κ3) is 3.68. The van der Waals surface area contributed by atoms with E-state index in [0.29, 0.717) is 0 Å². The second-order valence-electron chi connectivity index (χ2n) is 3.80. The van der Waals surface area contributed by atoms with Crippen molar-refractivity contribution in [2.24, 2.45) is 0 Å². The molecule has 0 aromatic heterocycles. The maximum atomic E-state index is 12.7. The van der Waals surface area contributed by atoms with Crippen LogP contribution in [0, 0.1) is 5.82 Å². The molecule has 0 radical (unpaired) electrons. The fourth-order valence-corrected chi connectivity index (χ4v) is 2.50. The third-order valence-corrected chi connectivity index (χ3v) is 3.78. The van der Waals surface area contributed by atoms with Gasteiger partial charge in [0.25, 0.3) is 9.05 Å². The third-order valence-electron chi connectivity index (χ3n) is 2.42. The van der Waals surface area contributed by atoms with Crippen molar-refractivity contribution in [2.75, 3.05) is 0 Å². The molecule has 0 fully saturated rings. The Kier molecular flexibility index (Phi) is 4.07. The van der Waals surface area contributed by atoms with Crippen LogP contribution in [0.1, 0.15) is 5.56 Å². The second-order valence-corrected chi connectivity index (χ2v) is 6.33. The van der Waals surface area contributed by atoms with Crippen LogP contribution >= 0.6 is 10.7 Å². The van der Waals surface area contributed by atoms with Crippen molar-refractivity contribution in [3.8, 4) is 5.75 Å². The summed E-state index contributed by atoms with van der Waals surface area (Å²) >= 11 is 0. The minimum atomic E-state index is -3.86. The van der Waals surface area contributed by atoms with Crippen LogP contribution in [0.25, 0.3) is 0 Å². The highest BCUT2D eigenvalue weighted by atomic mass is 35.7. The maximum Gasteiger partial charge on any atom is 0.264 e. The molecule has 0 N–H and O–H groups in total. The molecular formula is C13H10ClFO3S. The van der Waals surface area contributed by atoms with Crippen LogP contribution in [0.5, 0.6) is 5.75 Å². The van der Waals surface area contributed by atoms with Crippen LogP contribution in [0.2, 0.25) is 0 Å². The number of ether oxygens (including phenoxy) is 1. The summed E-state index contributed by atoms with van der Waals surface area (Å²) in [6.45, 7) is 0.129. The highest BCUT2D eigenvalue weighted by Crippen LogP contribution is 2.27. The van der Waals surface area contributed by atoms with Gasteiger partial charge in [0, 0.05) is 10.7 Å². The first kappa shape index (κ1) is 13.8. The van der Waals surface area contributed by atoms with Crippen LogP contribution < -0.4 is 4.74 Å². The number of hydrogen-bond donors (Lipinski definition) is 0. The van der Waals surface area contributed by atoms with Gasteiger partial charge < -0.3 is 4.74 Å². The van der Waals surface area contributed by atoms with Gasteiger partial charge in [0.1, 0.15) is 23.1 Å². The molecule has 0 aliphatic carbocycles. The van der Waals surface area contributed by atoms with Gasteiger partial charge in [-0.05, 0) is 29.8 Å². The molecule has 0 heterocycles. The molecule has 2 aromatic rings. The van der Waals surface area contributed by atoms with E-state index in [1.807, 2.05) is 0 Å².